The van der Waals surface area contributed by atoms with Crippen LogP contribution in [0, 0.1) is 5.92 Å². The molecule has 1 saturated carbocycles. The molecule has 1 aromatic heterocycles. The Bertz CT molecular complexity index is 901. The number of alkyl halides is 3. The van der Waals surface area contributed by atoms with Gasteiger partial charge in [-0.25, -0.2) is 17.9 Å². The molecule has 0 amide bonds. The molecule has 0 saturated heterocycles. The van der Waals surface area contributed by atoms with E-state index in [1.807, 2.05) is 0 Å². The van der Waals surface area contributed by atoms with Gasteiger partial charge in [0.25, 0.3) is 0 Å². The van der Waals surface area contributed by atoms with Gasteiger partial charge < -0.3 is 4.42 Å². The number of fused-ring (bicyclic) bond motifs is 1. The predicted molar refractivity (Wildman–Crippen MR) is 79.0 cm³/mol. The summed E-state index contributed by atoms with van der Waals surface area (Å²) < 4.78 is 70.4. The summed E-state index contributed by atoms with van der Waals surface area (Å²) in [6.45, 7) is 0. The molecule has 1 fully saturated rings. The van der Waals surface area contributed by atoms with Gasteiger partial charge in [-0.05, 0) is 31.4 Å². The number of sulfonamides is 1. The van der Waals surface area contributed by atoms with Gasteiger partial charge in [0, 0.05) is 12.1 Å². The molecule has 2 atom stereocenters. The summed E-state index contributed by atoms with van der Waals surface area (Å²) in [5, 5.41) is 0. The summed E-state index contributed by atoms with van der Waals surface area (Å²) in [6.07, 6.45) is -3.92. The Morgan fingerprint density at radius 1 is 1.25 bits per heavy atom. The summed E-state index contributed by atoms with van der Waals surface area (Å²) >= 11 is 0. The maximum absolute atomic E-state index is 12.8. The lowest BCUT2D eigenvalue weighted by Gasteiger charge is -2.30. The Morgan fingerprint density at radius 2 is 2.00 bits per heavy atom. The van der Waals surface area contributed by atoms with Crippen molar-refractivity contribution in [3.63, 3.8) is 0 Å². The number of hydrogen-bond donors (Lipinski definition) is 2. The van der Waals surface area contributed by atoms with Crippen LogP contribution in [0.15, 0.2) is 32.3 Å². The van der Waals surface area contributed by atoms with Gasteiger partial charge in [-0.15, -0.1) is 0 Å². The smallest absolute Gasteiger partial charge is 0.408 e. The normalized spacial score (nSPS) is 22.8. The van der Waals surface area contributed by atoms with Gasteiger partial charge in [-0.2, -0.15) is 13.2 Å². The lowest BCUT2D eigenvalue weighted by atomic mass is 9.86. The second-order valence-corrected chi connectivity index (χ2v) is 7.61. The van der Waals surface area contributed by atoms with Crippen LogP contribution in [0.3, 0.4) is 0 Å². The van der Waals surface area contributed by atoms with Crippen LogP contribution in [0.4, 0.5) is 13.2 Å². The van der Waals surface area contributed by atoms with Crippen LogP contribution in [-0.2, 0) is 10.0 Å². The van der Waals surface area contributed by atoms with Crippen molar-refractivity contribution in [2.24, 2.45) is 5.92 Å². The lowest BCUT2D eigenvalue weighted by Crippen LogP contribution is -2.41. The minimum Gasteiger partial charge on any atom is -0.408 e. The first-order valence-corrected chi connectivity index (χ1v) is 8.85. The van der Waals surface area contributed by atoms with Gasteiger partial charge in [0.05, 0.1) is 16.3 Å². The summed E-state index contributed by atoms with van der Waals surface area (Å²) in [7, 11) is -4.00. The molecule has 24 heavy (non-hydrogen) atoms. The van der Waals surface area contributed by atoms with Crippen molar-refractivity contribution in [1.82, 2.24) is 9.71 Å². The van der Waals surface area contributed by atoms with E-state index >= 15 is 0 Å². The Hall–Kier alpha value is -1.81. The van der Waals surface area contributed by atoms with Gasteiger partial charge in [0.15, 0.2) is 5.58 Å². The monoisotopic (exact) mass is 364 g/mol. The number of halogens is 3. The highest BCUT2D eigenvalue weighted by Crippen LogP contribution is 2.37. The summed E-state index contributed by atoms with van der Waals surface area (Å²) in [5.74, 6) is -2.21. The van der Waals surface area contributed by atoms with Gasteiger partial charge in [-0.3, -0.25) is 4.98 Å². The van der Waals surface area contributed by atoms with E-state index < -0.39 is 33.9 Å². The number of hydrogen-bond acceptors (Lipinski definition) is 4. The summed E-state index contributed by atoms with van der Waals surface area (Å²) in [6, 6.07) is 3.03. The average Bonchev–Trinajstić information content (AvgIpc) is 2.85. The summed E-state index contributed by atoms with van der Waals surface area (Å²) in [4.78, 5) is 13.3. The Morgan fingerprint density at radius 3 is 2.71 bits per heavy atom. The maximum atomic E-state index is 12.8. The molecule has 1 aromatic carbocycles. The summed E-state index contributed by atoms with van der Waals surface area (Å²) in [5.41, 5.74) is 0.411. The number of rotatable bonds is 3. The number of benzene rings is 1. The Kier molecular flexibility index (Phi) is 4.20. The van der Waals surface area contributed by atoms with Crippen molar-refractivity contribution in [2.75, 3.05) is 0 Å². The molecular formula is C14H15F3N2O4S. The van der Waals surface area contributed by atoms with Crippen molar-refractivity contribution in [3.05, 3.63) is 28.7 Å². The molecule has 0 radical (unpaired) electrons. The highest BCUT2D eigenvalue weighted by Gasteiger charge is 2.42. The van der Waals surface area contributed by atoms with E-state index in [0.717, 1.165) is 0 Å². The van der Waals surface area contributed by atoms with Crippen molar-refractivity contribution in [1.29, 1.82) is 0 Å². The van der Waals surface area contributed by atoms with Crippen molar-refractivity contribution in [2.45, 2.75) is 42.8 Å². The van der Waals surface area contributed by atoms with E-state index in [2.05, 4.69) is 9.71 Å². The highest BCUT2D eigenvalue weighted by molar-refractivity contribution is 7.89. The molecule has 1 aliphatic rings. The van der Waals surface area contributed by atoms with Crippen LogP contribution < -0.4 is 10.5 Å². The standard InChI is InChI=1S/C14H15F3N2O4S/c15-14(16,17)8-2-1-3-9(6-8)19-24(21,22)10-4-5-11-12(7-10)23-13(20)18-11/h4-5,7-9,19H,1-3,6H2,(H,18,20). The zero-order valence-corrected chi connectivity index (χ0v) is 13.2. The fourth-order valence-corrected chi connectivity index (χ4v) is 4.27. The fraction of sp³-hybridized carbons (Fsp3) is 0.500. The zero-order chi connectivity index (χ0) is 17.5. The van der Waals surface area contributed by atoms with Crippen LogP contribution in [0.1, 0.15) is 25.7 Å². The van der Waals surface area contributed by atoms with Gasteiger partial charge in [0.2, 0.25) is 10.0 Å². The Balaban J connectivity index is 1.80. The molecule has 2 unspecified atom stereocenters. The predicted octanol–water partition coefficient (Wildman–Crippen LogP) is 2.52. The van der Waals surface area contributed by atoms with Crippen LogP contribution in [0.25, 0.3) is 11.1 Å². The van der Waals surface area contributed by atoms with E-state index in [1.165, 1.54) is 18.2 Å². The van der Waals surface area contributed by atoms with E-state index in [-0.39, 0.29) is 23.3 Å². The van der Waals surface area contributed by atoms with Crippen LogP contribution in [0.2, 0.25) is 0 Å². The first-order chi connectivity index (χ1) is 11.1. The number of nitrogens with one attached hydrogen (secondary N) is 2. The molecular weight excluding hydrogens is 349 g/mol. The molecule has 132 valence electrons. The van der Waals surface area contributed by atoms with E-state index in [9.17, 15) is 26.4 Å². The molecule has 0 spiro atoms. The van der Waals surface area contributed by atoms with Gasteiger partial charge >= 0.3 is 11.9 Å². The van der Waals surface area contributed by atoms with Gasteiger partial charge in [-0.1, -0.05) is 6.42 Å². The number of H-pyrrole nitrogens is 1. The topological polar surface area (TPSA) is 92.2 Å². The second-order valence-electron chi connectivity index (χ2n) is 5.90. The number of oxazole rings is 1. The molecule has 2 aromatic rings. The molecule has 0 bridgehead atoms. The molecule has 1 heterocycles. The third kappa shape index (κ3) is 3.48. The van der Waals surface area contributed by atoms with Crippen molar-refractivity contribution in [3.8, 4) is 0 Å². The SMILES string of the molecule is O=c1[nH]c2ccc(S(=O)(=O)NC3CCCC(C(F)(F)F)C3)cc2o1. The molecule has 3 rings (SSSR count). The fourth-order valence-electron chi connectivity index (χ4n) is 2.97. The first-order valence-electron chi connectivity index (χ1n) is 7.37. The first kappa shape index (κ1) is 17.0. The zero-order valence-electron chi connectivity index (χ0n) is 12.4. The van der Waals surface area contributed by atoms with Crippen LogP contribution >= 0.6 is 0 Å². The number of aromatic amines is 1. The van der Waals surface area contributed by atoms with Crippen molar-refractivity contribution < 1.29 is 26.0 Å². The quantitative estimate of drug-likeness (QED) is 0.875. The number of aromatic nitrogens is 1. The van der Waals surface area contributed by atoms with Crippen molar-refractivity contribution >= 4 is 21.1 Å². The third-order valence-corrected chi connectivity index (χ3v) is 5.68. The molecule has 2 N–H and O–H groups in total. The Labute approximate surface area is 135 Å². The van der Waals surface area contributed by atoms with Gasteiger partial charge in [0.1, 0.15) is 0 Å². The second kappa shape index (κ2) is 5.92. The lowest BCUT2D eigenvalue weighted by molar-refractivity contribution is -0.183. The molecule has 0 aliphatic heterocycles. The van der Waals surface area contributed by atoms with Crippen LogP contribution in [-0.4, -0.2) is 25.6 Å². The highest BCUT2D eigenvalue weighted by atomic mass is 32.2. The molecule has 1 aliphatic carbocycles. The average molecular weight is 364 g/mol. The van der Waals surface area contributed by atoms with Crippen LogP contribution in [0.5, 0.6) is 0 Å². The minimum atomic E-state index is -4.32. The molecule has 10 heteroatoms. The molecule has 6 nitrogen and oxygen atoms in total. The van der Waals surface area contributed by atoms with E-state index in [4.69, 9.17) is 4.42 Å². The minimum absolute atomic E-state index is 0.0161. The largest absolute Gasteiger partial charge is 0.417 e. The maximum Gasteiger partial charge on any atom is 0.417 e. The van der Waals surface area contributed by atoms with E-state index in [1.54, 1.807) is 0 Å². The van der Waals surface area contributed by atoms with E-state index in [0.29, 0.717) is 18.4 Å². The third-order valence-electron chi connectivity index (χ3n) is 4.16.